The molecule has 0 aromatic rings. The third kappa shape index (κ3) is 7.12. The van der Waals surface area contributed by atoms with Crippen LogP contribution in [0.15, 0.2) is 10.6 Å². The lowest BCUT2D eigenvalue weighted by molar-refractivity contribution is 0.116. The van der Waals surface area contributed by atoms with Crippen LogP contribution in [-0.2, 0) is 9.68 Å². The molecule has 0 fully saturated rings. The molecule has 0 rings (SSSR count). The molecule has 0 atom stereocenters. The van der Waals surface area contributed by atoms with Crippen LogP contribution in [0.5, 0.6) is 0 Å². The van der Waals surface area contributed by atoms with Gasteiger partial charge in [-0.15, -0.1) is 0 Å². The molecule has 0 bridgehead atoms. The first-order valence-corrected chi connectivity index (χ1v) is 2.52. The summed E-state index contributed by atoms with van der Waals surface area (Å²) in [5.41, 5.74) is -2.40. The third-order valence-corrected chi connectivity index (χ3v) is 0.397. The van der Waals surface area contributed by atoms with Gasteiger partial charge in [0.25, 0.3) is 0 Å². The van der Waals surface area contributed by atoms with Crippen LogP contribution in [0.1, 0.15) is 0 Å². The number of nitrogens with zero attached hydrogens (tertiary/aromatic N) is 2. The minimum atomic E-state index is -1.20. The summed E-state index contributed by atoms with van der Waals surface area (Å²) in [6.45, 7) is 0. The fourth-order valence-corrected chi connectivity index (χ4v) is 0.159. The molecule has 0 aromatic heterocycles. The van der Waals surface area contributed by atoms with Gasteiger partial charge in [0.15, 0.2) is 0 Å². The molecule has 8 heteroatoms. The molecule has 0 aromatic carbocycles. The quantitative estimate of drug-likeness (QED) is 0.376. The highest BCUT2D eigenvalue weighted by Gasteiger charge is 1.94. The van der Waals surface area contributed by atoms with Crippen LogP contribution in [-0.4, -0.2) is 10.9 Å². The van der Waals surface area contributed by atoms with Crippen LogP contribution in [0.2, 0.25) is 0 Å². The molecule has 0 saturated heterocycles. The maximum absolute atomic E-state index is 9.70. The first kappa shape index (κ1) is 9.12. The summed E-state index contributed by atoms with van der Waals surface area (Å²) in [7, 11) is 0. The maximum Gasteiger partial charge on any atom is 0.431 e. The Morgan fingerprint density at radius 3 is 1.50 bits per heavy atom. The van der Waals surface area contributed by atoms with Crippen LogP contribution in [0.25, 0.3) is 0 Å². The third-order valence-electron chi connectivity index (χ3n) is 0.259. The van der Waals surface area contributed by atoms with E-state index in [0.717, 1.165) is 0 Å². The van der Waals surface area contributed by atoms with Crippen LogP contribution in [0.3, 0.4) is 0 Å². The molecule has 0 radical (unpaired) electrons. The molecular weight excluding hydrogens is 187 g/mol. The second-order valence-corrected chi connectivity index (χ2v) is 1.44. The molecule has 0 aliphatic carbocycles. The predicted octanol–water partition coefficient (Wildman–Crippen LogP) is 2.02. The maximum atomic E-state index is 9.70. The van der Waals surface area contributed by atoms with E-state index >= 15 is 0 Å². The molecule has 0 aliphatic rings. The second-order valence-electron chi connectivity index (χ2n) is 0.821. The van der Waals surface area contributed by atoms with Crippen LogP contribution in [0.4, 0.5) is 9.59 Å². The molecule has 10 heavy (non-hydrogen) atoms. The van der Waals surface area contributed by atoms with E-state index in [2.05, 4.69) is 43.4 Å². The molecule has 0 saturated carbocycles. The molecule has 0 amide bonds. The Morgan fingerprint density at radius 1 is 1.00 bits per heavy atom. The van der Waals surface area contributed by atoms with Gasteiger partial charge in [0.1, 0.15) is 0 Å². The van der Waals surface area contributed by atoms with Crippen LogP contribution < -0.4 is 0 Å². The summed E-state index contributed by atoms with van der Waals surface area (Å²) >= 11 is 9.21. The van der Waals surface area contributed by atoms with E-state index in [0.29, 0.717) is 0 Å². The van der Waals surface area contributed by atoms with Gasteiger partial charge in [-0.1, -0.05) is 0 Å². The van der Waals surface area contributed by atoms with E-state index in [1.54, 1.807) is 0 Å². The van der Waals surface area contributed by atoms with Crippen molar-refractivity contribution >= 4 is 34.1 Å². The fraction of sp³-hybridized carbons (Fsp3) is 0. The molecule has 56 valence electrons. The number of carbonyl (C=O) groups excluding carboxylic acids is 2. The van der Waals surface area contributed by atoms with E-state index in [1.807, 2.05) is 0 Å². The Labute approximate surface area is 64.6 Å². The standard InChI is InChI=1S/C2Cl2N2O4/c3-1(7)9-5-6-10-2(4)8. The van der Waals surface area contributed by atoms with Crippen LogP contribution >= 0.6 is 23.2 Å². The Balaban J connectivity index is 3.38. The van der Waals surface area contributed by atoms with E-state index < -0.39 is 10.9 Å². The van der Waals surface area contributed by atoms with Gasteiger partial charge in [-0.3, -0.25) is 9.68 Å². The average molecular weight is 187 g/mol. The molecule has 0 spiro atoms. The highest BCUT2D eigenvalue weighted by atomic mass is 35.5. The smallest absolute Gasteiger partial charge is 0.281 e. The van der Waals surface area contributed by atoms with Crippen molar-refractivity contribution in [1.29, 1.82) is 0 Å². The van der Waals surface area contributed by atoms with Crippen molar-refractivity contribution in [3.05, 3.63) is 0 Å². The van der Waals surface area contributed by atoms with E-state index in [1.165, 1.54) is 0 Å². The first-order valence-electron chi connectivity index (χ1n) is 1.76. The SMILES string of the molecule is O=C(Cl)ON=NOC(=O)Cl. The number of hydrogen-bond acceptors (Lipinski definition) is 6. The molecule has 0 N–H and O–H groups in total. The van der Waals surface area contributed by atoms with E-state index in [-0.39, 0.29) is 0 Å². The lowest BCUT2D eigenvalue weighted by Crippen LogP contribution is -1.85. The van der Waals surface area contributed by atoms with Crippen molar-refractivity contribution in [1.82, 2.24) is 0 Å². The lowest BCUT2D eigenvalue weighted by Gasteiger charge is -1.83. The highest BCUT2D eigenvalue weighted by Crippen LogP contribution is 1.91. The van der Waals surface area contributed by atoms with Gasteiger partial charge in [-0.2, -0.15) is 0 Å². The van der Waals surface area contributed by atoms with Crippen molar-refractivity contribution in [3.63, 3.8) is 0 Å². The van der Waals surface area contributed by atoms with E-state index in [4.69, 9.17) is 0 Å². The second kappa shape index (κ2) is 4.95. The number of carbonyl (C=O) groups is 2. The Morgan fingerprint density at radius 2 is 1.30 bits per heavy atom. The highest BCUT2D eigenvalue weighted by molar-refractivity contribution is 6.61. The minimum absolute atomic E-state index is 1.20. The molecular formula is C2Cl2N2O4. The number of rotatable bonds is 2. The van der Waals surface area contributed by atoms with Crippen molar-refractivity contribution in [3.8, 4) is 0 Å². The lowest BCUT2D eigenvalue weighted by atomic mass is 11.6. The summed E-state index contributed by atoms with van der Waals surface area (Å²) in [6.07, 6.45) is 0. The number of hydrogen-bond donors (Lipinski definition) is 0. The Bertz CT molecular complexity index is 151. The van der Waals surface area contributed by atoms with Crippen molar-refractivity contribution in [2.24, 2.45) is 10.6 Å². The van der Waals surface area contributed by atoms with Crippen molar-refractivity contribution < 1.29 is 19.3 Å². The van der Waals surface area contributed by atoms with Gasteiger partial charge < -0.3 is 0 Å². The first-order chi connectivity index (χ1) is 4.63. The van der Waals surface area contributed by atoms with Gasteiger partial charge in [-0.05, 0) is 0 Å². The monoisotopic (exact) mass is 186 g/mol. The predicted molar refractivity (Wildman–Crippen MR) is 29.5 cm³/mol. The summed E-state index contributed by atoms with van der Waals surface area (Å²) in [5.74, 6) is 0. The Hall–Kier alpha value is -0.880. The Kier molecular flexibility index (Phi) is 4.51. The summed E-state index contributed by atoms with van der Waals surface area (Å²) < 4.78 is 0. The summed E-state index contributed by atoms with van der Waals surface area (Å²) in [5, 5.41) is 5.05. The fourth-order valence-electron chi connectivity index (χ4n) is 0.0975. The van der Waals surface area contributed by atoms with E-state index in [9.17, 15) is 9.59 Å². The van der Waals surface area contributed by atoms with Gasteiger partial charge >= 0.3 is 10.9 Å². The van der Waals surface area contributed by atoms with Gasteiger partial charge in [0, 0.05) is 23.2 Å². The molecule has 0 unspecified atom stereocenters. The van der Waals surface area contributed by atoms with Gasteiger partial charge in [-0.25, -0.2) is 9.59 Å². The largest absolute Gasteiger partial charge is 0.431 e. The summed E-state index contributed by atoms with van der Waals surface area (Å²) in [6, 6.07) is 0. The zero-order chi connectivity index (χ0) is 7.98. The topological polar surface area (TPSA) is 77.3 Å². The molecule has 0 heterocycles. The zero-order valence-corrected chi connectivity index (χ0v) is 5.80. The molecule has 6 nitrogen and oxygen atoms in total. The van der Waals surface area contributed by atoms with Crippen molar-refractivity contribution in [2.45, 2.75) is 0 Å². The van der Waals surface area contributed by atoms with Crippen molar-refractivity contribution in [2.75, 3.05) is 0 Å². The van der Waals surface area contributed by atoms with Gasteiger partial charge in [0.2, 0.25) is 0 Å². The summed E-state index contributed by atoms with van der Waals surface area (Å²) in [4.78, 5) is 26.7. The number of halogens is 2. The molecule has 0 aliphatic heterocycles. The average Bonchev–Trinajstić information content (AvgIpc) is 1.79. The van der Waals surface area contributed by atoms with Crippen LogP contribution in [0, 0.1) is 0 Å². The minimum Gasteiger partial charge on any atom is -0.281 e. The normalized spacial score (nSPS) is 9.40. The zero-order valence-electron chi connectivity index (χ0n) is 4.28. The van der Waals surface area contributed by atoms with Gasteiger partial charge in [0.05, 0.1) is 10.6 Å².